The van der Waals surface area contributed by atoms with E-state index < -0.39 is 0 Å². The van der Waals surface area contributed by atoms with Crippen LogP contribution in [-0.4, -0.2) is 38.5 Å². The van der Waals surface area contributed by atoms with Crippen molar-refractivity contribution >= 4 is 45.9 Å². The molecule has 0 bridgehead atoms. The fraction of sp³-hybridized carbons (Fsp3) is 0.0213. The first-order valence-corrected chi connectivity index (χ1v) is 17.7. The highest BCUT2D eigenvalue weighted by Gasteiger charge is 2.35. The average Bonchev–Trinajstić information content (AvgIpc) is 3.24. The SMILES string of the molecule is O=C1c2ccccc2C(=O)c2c(Nc3ccc(-c4ccc(CO)cc4)cc3)ccc(O)c21.O=C1c2ccccc2C(=O)c2c(Nc3ccccc3)ccc(O)c21. The third-order valence-corrected chi connectivity index (χ3v) is 9.79. The second kappa shape index (κ2) is 14.7. The molecule has 0 atom stereocenters. The molecule has 9 nitrogen and oxygen atoms in total. The van der Waals surface area contributed by atoms with Gasteiger partial charge in [-0.2, -0.15) is 0 Å². The van der Waals surface area contributed by atoms with Crippen molar-refractivity contribution < 1.29 is 34.5 Å². The quantitative estimate of drug-likeness (QED) is 0.105. The molecular formula is C47H32N2O7. The minimum atomic E-state index is -0.363. The van der Waals surface area contributed by atoms with Gasteiger partial charge >= 0.3 is 0 Å². The Kier molecular flexibility index (Phi) is 9.27. The molecule has 7 aromatic rings. The summed E-state index contributed by atoms with van der Waals surface area (Å²) in [6, 6.07) is 44.1. The van der Waals surface area contributed by atoms with E-state index in [1.807, 2.05) is 78.9 Å². The Bertz CT molecular complexity index is 2700. The number of ketones is 4. The van der Waals surface area contributed by atoms with Gasteiger partial charge in [-0.3, -0.25) is 19.2 Å². The Balaban J connectivity index is 0.000000164. The molecule has 7 aromatic carbocycles. The van der Waals surface area contributed by atoms with Crippen molar-refractivity contribution in [2.75, 3.05) is 10.6 Å². The van der Waals surface area contributed by atoms with Crippen LogP contribution in [0.25, 0.3) is 11.1 Å². The second-order valence-electron chi connectivity index (χ2n) is 13.2. The lowest BCUT2D eigenvalue weighted by atomic mass is 9.82. The highest BCUT2D eigenvalue weighted by molar-refractivity contribution is 6.32. The maximum atomic E-state index is 13.2. The van der Waals surface area contributed by atoms with E-state index in [0.717, 1.165) is 28.1 Å². The molecular weight excluding hydrogens is 705 g/mol. The van der Waals surface area contributed by atoms with E-state index in [9.17, 15) is 34.5 Å². The number of carbonyl (C=O) groups excluding carboxylic acids is 4. The number of aliphatic hydroxyl groups is 1. The summed E-state index contributed by atoms with van der Waals surface area (Å²) in [4.78, 5) is 51.8. The van der Waals surface area contributed by atoms with Crippen LogP contribution >= 0.6 is 0 Å². The largest absolute Gasteiger partial charge is 0.507 e. The van der Waals surface area contributed by atoms with Crippen LogP contribution in [0.2, 0.25) is 0 Å². The summed E-state index contributed by atoms with van der Waals surface area (Å²) >= 11 is 0. The molecule has 9 heteroatoms. The minimum Gasteiger partial charge on any atom is -0.507 e. The zero-order valence-corrected chi connectivity index (χ0v) is 29.6. The van der Waals surface area contributed by atoms with Gasteiger partial charge in [0.1, 0.15) is 11.5 Å². The van der Waals surface area contributed by atoms with Crippen molar-refractivity contribution in [3.63, 3.8) is 0 Å². The monoisotopic (exact) mass is 736 g/mol. The van der Waals surface area contributed by atoms with E-state index >= 15 is 0 Å². The van der Waals surface area contributed by atoms with Gasteiger partial charge in [-0.1, -0.05) is 103 Å². The topological polar surface area (TPSA) is 153 Å². The maximum Gasteiger partial charge on any atom is 0.198 e. The zero-order chi connectivity index (χ0) is 38.9. The van der Waals surface area contributed by atoms with Crippen molar-refractivity contribution in [1.82, 2.24) is 0 Å². The smallest absolute Gasteiger partial charge is 0.198 e. The van der Waals surface area contributed by atoms with E-state index in [0.29, 0.717) is 33.6 Å². The molecule has 0 amide bonds. The van der Waals surface area contributed by atoms with Gasteiger partial charge in [-0.25, -0.2) is 0 Å². The van der Waals surface area contributed by atoms with Gasteiger partial charge in [0.25, 0.3) is 0 Å². The highest BCUT2D eigenvalue weighted by Crippen LogP contribution is 2.39. The van der Waals surface area contributed by atoms with Crippen LogP contribution < -0.4 is 10.6 Å². The van der Waals surface area contributed by atoms with Crippen molar-refractivity contribution in [2.45, 2.75) is 6.61 Å². The van der Waals surface area contributed by atoms with Crippen molar-refractivity contribution in [1.29, 1.82) is 0 Å². The molecule has 0 fully saturated rings. The second-order valence-corrected chi connectivity index (χ2v) is 13.2. The van der Waals surface area contributed by atoms with Crippen LogP contribution in [0, 0.1) is 0 Å². The third kappa shape index (κ3) is 6.38. The van der Waals surface area contributed by atoms with Crippen LogP contribution in [-0.2, 0) is 6.61 Å². The molecule has 0 heterocycles. The lowest BCUT2D eigenvalue weighted by Crippen LogP contribution is -2.22. The number of hydrogen-bond acceptors (Lipinski definition) is 9. The highest BCUT2D eigenvalue weighted by atomic mass is 16.3. The molecule has 272 valence electrons. The van der Waals surface area contributed by atoms with Gasteiger partial charge in [0.15, 0.2) is 23.1 Å². The summed E-state index contributed by atoms with van der Waals surface area (Å²) in [5.74, 6) is -1.66. The summed E-state index contributed by atoms with van der Waals surface area (Å²) in [6.45, 7) is 0.00574. The standard InChI is InChI=1S/C27H19NO4.C20H13NO3/c29-15-16-5-7-17(8-6-16)18-9-11-19(12-10-18)28-22-13-14-23(30)25-24(22)26(31)20-3-1-2-4-21(20)27(25)32;22-16-11-10-15(21-12-6-2-1-3-7-12)17-18(16)20(24)14-9-5-4-8-13(14)19(17)23/h1-14,28-30H,15H2;1-11,21-22H. The average molecular weight is 737 g/mol. The van der Waals surface area contributed by atoms with E-state index in [4.69, 9.17) is 0 Å². The first kappa shape index (κ1) is 35.4. The number of benzene rings is 7. The minimum absolute atomic E-state index is 0.00574. The van der Waals surface area contributed by atoms with E-state index in [1.165, 1.54) is 12.1 Å². The van der Waals surface area contributed by atoms with Crippen LogP contribution in [0.1, 0.15) is 69.2 Å². The van der Waals surface area contributed by atoms with Crippen LogP contribution in [0.4, 0.5) is 22.7 Å². The van der Waals surface area contributed by atoms with E-state index in [1.54, 1.807) is 60.7 Å². The number of rotatable bonds is 6. The van der Waals surface area contributed by atoms with Crippen molar-refractivity contribution in [3.05, 3.63) is 202 Å². The fourth-order valence-electron chi connectivity index (χ4n) is 7.00. The summed E-state index contributed by atoms with van der Waals surface area (Å²) in [5.41, 5.74) is 7.17. The van der Waals surface area contributed by atoms with Gasteiger partial charge in [-0.15, -0.1) is 0 Å². The molecule has 0 radical (unpaired) electrons. The summed E-state index contributed by atoms with van der Waals surface area (Å²) in [5, 5.41) is 36.1. The first-order chi connectivity index (χ1) is 27.2. The predicted molar refractivity (Wildman–Crippen MR) is 214 cm³/mol. The number of phenols is 2. The third-order valence-electron chi connectivity index (χ3n) is 9.79. The number of aromatic hydroxyl groups is 2. The van der Waals surface area contributed by atoms with Crippen LogP contribution in [0.3, 0.4) is 0 Å². The number of anilines is 4. The number of para-hydroxylation sites is 1. The number of carbonyl (C=O) groups is 4. The molecule has 9 rings (SSSR count). The zero-order valence-electron chi connectivity index (χ0n) is 29.6. The first-order valence-electron chi connectivity index (χ1n) is 17.7. The molecule has 0 saturated carbocycles. The van der Waals surface area contributed by atoms with Crippen molar-refractivity contribution in [3.8, 4) is 22.6 Å². The molecule has 0 saturated heterocycles. The molecule has 0 aliphatic heterocycles. The Hall–Kier alpha value is -7.62. The number of phenolic OH excluding ortho intramolecular Hbond substituents is 2. The molecule has 56 heavy (non-hydrogen) atoms. The summed E-state index contributed by atoms with van der Waals surface area (Å²) in [7, 11) is 0. The Labute approximate surface area is 321 Å². The van der Waals surface area contributed by atoms with E-state index in [-0.39, 0.29) is 63.5 Å². The normalized spacial score (nSPS) is 12.4. The number of nitrogens with one attached hydrogen (secondary N) is 2. The van der Waals surface area contributed by atoms with Gasteiger partial charge in [0.05, 0.1) is 40.2 Å². The molecule has 0 spiro atoms. The Morgan fingerprint density at radius 3 is 1.14 bits per heavy atom. The molecule has 5 N–H and O–H groups in total. The van der Waals surface area contributed by atoms with Gasteiger partial charge < -0.3 is 26.0 Å². The maximum absolute atomic E-state index is 13.2. The van der Waals surface area contributed by atoms with E-state index in [2.05, 4.69) is 10.6 Å². The Morgan fingerprint density at radius 1 is 0.375 bits per heavy atom. The lowest BCUT2D eigenvalue weighted by Gasteiger charge is -2.21. The molecule has 0 unspecified atom stereocenters. The summed E-state index contributed by atoms with van der Waals surface area (Å²) in [6.07, 6.45) is 0. The lowest BCUT2D eigenvalue weighted by molar-refractivity contribution is 0.0977. The van der Waals surface area contributed by atoms with Crippen molar-refractivity contribution in [2.24, 2.45) is 0 Å². The van der Waals surface area contributed by atoms with Gasteiger partial charge in [0.2, 0.25) is 0 Å². The van der Waals surface area contributed by atoms with Gasteiger partial charge in [0, 0.05) is 33.6 Å². The van der Waals surface area contributed by atoms with Crippen LogP contribution in [0.15, 0.2) is 152 Å². The van der Waals surface area contributed by atoms with Crippen LogP contribution in [0.5, 0.6) is 11.5 Å². The Morgan fingerprint density at radius 2 is 0.732 bits per heavy atom. The number of aliphatic hydroxyl groups excluding tert-OH is 1. The summed E-state index contributed by atoms with van der Waals surface area (Å²) < 4.78 is 0. The predicted octanol–water partition coefficient (Wildman–Crippen LogP) is 8.98. The fourth-order valence-corrected chi connectivity index (χ4v) is 7.00. The number of hydrogen-bond donors (Lipinski definition) is 5. The van der Waals surface area contributed by atoms with Gasteiger partial charge in [-0.05, 0) is 65.2 Å². The number of fused-ring (bicyclic) bond motifs is 4. The molecule has 2 aliphatic rings. The molecule has 0 aromatic heterocycles. The molecule has 2 aliphatic carbocycles.